The average molecular weight is 184 g/mol. The lowest BCUT2D eigenvalue weighted by Crippen LogP contribution is -2.97. The van der Waals surface area contributed by atoms with E-state index in [0.29, 0.717) is 6.61 Å². The number of hydrogen-bond acceptors (Lipinski definition) is 3. The summed E-state index contributed by atoms with van der Waals surface area (Å²) >= 11 is 0. The lowest BCUT2D eigenvalue weighted by atomic mass is 10.2. The molecule has 1 amide bonds. The first-order chi connectivity index (χ1) is 6.22. The molecule has 1 rings (SSSR count). The van der Waals surface area contributed by atoms with E-state index in [2.05, 4.69) is 10.1 Å². The van der Waals surface area contributed by atoms with Crippen LogP contribution in [0, 0.1) is 5.21 Å². The van der Waals surface area contributed by atoms with Gasteiger partial charge in [0.05, 0.1) is 25.0 Å². The molecule has 0 spiro atoms. The molecule has 0 radical (unpaired) electrons. The van der Waals surface area contributed by atoms with Gasteiger partial charge < -0.3 is 20.3 Å². The Morgan fingerprint density at radius 2 is 2.23 bits per heavy atom. The van der Waals surface area contributed by atoms with Crippen LogP contribution >= 0.6 is 0 Å². The highest BCUT2D eigenvalue weighted by Crippen LogP contribution is 1.91. The van der Waals surface area contributed by atoms with Gasteiger partial charge in [-0.1, -0.05) is 0 Å². The number of quaternary nitrogens is 1. The number of amides is 1. The van der Waals surface area contributed by atoms with E-state index in [4.69, 9.17) is 0 Å². The third-order valence-electron chi connectivity index (χ3n) is 1.50. The molecule has 5 heteroatoms. The van der Waals surface area contributed by atoms with Crippen LogP contribution in [0.4, 0.5) is 4.79 Å². The number of nitrogens with one attached hydrogen (secondary N) is 2. The molecule has 0 saturated heterocycles. The van der Waals surface area contributed by atoms with Crippen molar-refractivity contribution in [2.45, 2.75) is 13.0 Å². The Hall–Kier alpha value is -1.33. The molecule has 0 aromatic carbocycles. The second-order valence-corrected chi connectivity index (χ2v) is 2.51. The van der Waals surface area contributed by atoms with Gasteiger partial charge in [-0.15, -0.1) is 0 Å². The second kappa shape index (κ2) is 4.64. The van der Waals surface area contributed by atoms with Crippen LogP contribution in [0.15, 0.2) is 24.6 Å². The third kappa shape index (κ3) is 3.27. The first kappa shape index (κ1) is 9.76. The van der Waals surface area contributed by atoms with E-state index >= 15 is 0 Å². The summed E-state index contributed by atoms with van der Waals surface area (Å²) in [6.07, 6.45) is 5.57. The first-order valence-corrected chi connectivity index (χ1v) is 4.06. The smallest absolute Gasteiger partial charge is 0.407 e. The summed E-state index contributed by atoms with van der Waals surface area (Å²) in [5.74, 6) is 0. The van der Waals surface area contributed by atoms with Crippen LogP contribution in [-0.2, 0) is 4.74 Å². The molecule has 2 N–H and O–H groups in total. The number of hydrogen-bond donors (Lipinski definition) is 2. The average Bonchev–Trinajstić information content (AvgIpc) is 2.09. The zero-order valence-electron chi connectivity index (χ0n) is 7.32. The highest BCUT2D eigenvalue weighted by atomic mass is 16.5. The quantitative estimate of drug-likeness (QED) is 0.570. The van der Waals surface area contributed by atoms with Crippen LogP contribution in [0.1, 0.15) is 6.92 Å². The van der Waals surface area contributed by atoms with Crippen molar-refractivity contribution in [2.75, 3.05) is 6.61 Å². The molecule has 1 aliphatic rings. The van der Waals surface area contributed by atoms with Gasteiger partial charge in [0.2, 0.25) is 0 Å². The lowest BCUT2D eigenvalue weighted by Gasteiger charge is -2.18. The Labute approximate surface area is 76.2 Å². The summed E-state index contributed by atoms with van der Waals surface area (Å²) < 4.78 is 4.67. The summed E-state index contributed by atoms with van der Waals surface area (Å²) in [7, 11) is 0. The van der Waals surface area contributed by atoms with Crippen molar-refractivity contribution >= 4 is 6.09 Å². The molecule has 0 atom stereocenters. The van der Waals surface area contributed by atoms with Crippen molar-refractivity contribution in [1.82, 2.24) is 5.32 Å². The molecule has 0 aromatic heterocycles. The van der Waals surface area contributed by atoms with Crippen LogP contribution in [0.25, 0.3) is 0 Å². The van der Waals surface area contributed by atoms with Gasteiger partial charge in [0.25, 0.3) is 0 Å². The zero-order valence-corrected chi connectivity index (χ0v) is 7.32. The Morgan fingerprint density at radius 3 is 2.77 bits per heavy atom. The zero-order chi connectivity index (χ0) is 9.68. The van der Waals surface area contributed by atoms with Crippen LogP contribution in [0.5, 0.6) is 0 Å². The van der Waals surface area contributed by atoms with Crippen molar-refractivity contribution in [3.8, 4) is 0 Å². The van der Waals surface area contributed by atoms with E-state index in [-0.39, 0.29) is 11.1 Å². The molecule has 0 aliphatic carbocycles. The van der Waals surface area contributed by atoms with E-state index in [0.717, 1.165) is 0 Å². The third-order valence-corrected chi connectivity index (χ3v) is 1.50. The van der Waals surface area contributed by atoms with E-state index in [1.54, 1.807) is 19.1 Å². The van der Waals surface area contributed by atoms with Gasteiger partial charge >= 0.3 is 6.09 Å². The molecule has 0 aromatic rings. The van der Waals surface area contributed by atoms with Crippen molar-refractivity contribution in [3.63, 3.8) is 0 Å². The molecule has 0 bridgehead atoms. The fourth-order valence-electron chi connectivity index (χ4n) is 0.922. The molecule has 5 nitrogen and oxygen atoms in total. The van der Waals surface area contributed by atoms with Crippen LogP contribution < -0.4 is 10.4 Å². The number of hydroxylamine groups is 2. The van der Waals surface area contributed by atoms with Gasteiger partial charge in [0.1, 0.15) is 0 Å². The Balaban J connectivity index is 2.34. The Kier molecular flexibility index (Phi) is 3.48. The molecular formula is C8H12N2O3. The number of carbonyl (C=O) groups excluding carboxylic acids is 1. The molecule has 0 saturated carbocycles. The summed E-state index contributed by atoms with van der Waals surface area (Å²) in [6.45, 7) is 2.07. The fourth-order valence-corrected chi connectivity index (χ4v) is 0.922. The van der Waals surface area contributed by atoms with Gasteiger partial charge in [-0.05, 0) is 19.1 Å². The van der Waals surface area contributed by atoms with E-state index < -0.39 is 6.09 Å². The minimum Gasteiger partial charge on any atom is -0.624 e. The predicted octanol–water partition coefficient (Wildman–Crippen LogP) is -0.475. The maximum Gasteiger partial charge on any atom is 0.407 e. The van der Waals surface area contributed by atoms with Crippen molar-refractivity contribution in [1.29, 1.82) is 0 Å². The number of carbonyl (C=O) groups is 1. The number of ether oxygens (including phenoxy) is 1. The van der Waals surface area contributed by atoms with Gasteiger partial charge in [-0.25, -0.2) is 4.79 Å². The predicted molar refractivity (Wildman–Crippen MR) is 46.6 cm³/mol. The monoisotopic (exact) mass is 184 g/mol. The summed E-state index contributed by atoms with van der Waals surface area (Å²) in [6, 6.07) is -0.239. The molecule has 72 valence electrons. The van der Waals surface area contributed by atoms with E-state index in [1.165, 1.54) is 12.4 Å². The van der Waals surface area contributed by atoms with Gasteiger partial charge in [-0.3, -0.25) is 0 Å². The van der Waals surface area contributed by atoms with Gasteiger partial charge in [0.15, 0.2) is 0 Å². The van der Waals surface area contributed by atoms with Crippen LogP contribution in [0.3, 0.4) is 0 Å². The number of rotatable bonds is 2. The van der Waals surface area contributed by atoms with E-state index in [1.807, 2.05) is 0 Å². The standard InChI is InChI=1S/C8H12N2O3/c1-2-13-8(11)9-7-3-5-10(12)6-4-7/h3-7,10H,2H2,1H3,(H,9,11). The molecule has 0 unspecified atom stereocenters. The summed E-state index contributed by atoms with van der Waals surface area (Å²) in [5, 5.41) is 13.2. The number of alkyl carbamates (subject to hydrolysis) is 1. The fraction of sp³-hybridized carbons (Fsp3) is 0.375. The Morgan fingerprint density at radius 1 is 1.62 bits per heavy atom. The normalized spacial score (nSPS) is 25.7. The topological polar surface area (TPSA) is 65.8 Å². The van der Waals surface area contributed by atoms with Crippen molar-refractivity contribution in [3.05, 3.63) is 29.8 Å². The molecule has 1 heterocycles. The van der Waals surface area contributed by atoms with Crippen LogP contribution in [0.2, 0.25) is 0 Å². The molecular weight excluding hydrogens is 172 g/mol. The minimum absolute atomic E-state index is 0.0677. The largest absolute Gasteiger partial charge is 0.624 e. The molecule has 0 fully saturated rings. The van der Waals surface area contributed by atoms with Crippen molar-refractivity contribution < 1.29 is 14.6 Å². The van der Waals surface area contributed by atoms with Crippen LogP contribution in [-0.4, -0.2) is 18.7 Å². The van der Waals surface area contributed by atoms with Gasteiger partial charge in [-0.2, -0.15) is 0 Å². The van der Waals surface area contributed by atoms with Gasteiger partial charge in [0, 0.05) is 0 Å². The van der Waals surface area contributed by atoms with E-state index in [9.17, 15) is 10.0 Å². The highest BCUT2D eigenvalue weighted by Gasteiger charge is 2.09. The maximum absolute atomic E-state index is 10.9. The highest BCUT2D eigenvalue weighted by molar-refractivity contribution is 5.68. The summed E-state index contributed by atoms with van der Waals surface area (Å²) in [5.41, 5.74) is 0. The SMILES string of the molecule is CCOC(=O)NC1C=C[NH+]([O-])C=C1. The maximum atomic E-state index is 10.9. The molecule has 13 heavy (non-hydrogen) atoms. The second-order valence-electron chi connectivity index (χ2n) is 2.51. The molecule has 1 aliphatic heterocycles. The first-order valence-electron chi connectivity index (χ1n) is 4.06. The lowest BCUT2D eigenvalue weighted by molar-refractivity contribution is -0.731. The summed E-state index contributed by atoms with van der Waals surface area (Å²) in [4.78, 5) is 10.9. The Bertz CT molecular complexity index is 224. The van der Waals surface area contributed by atoms with Crippen molar-refractivity contribution in [2.24, 2.45) is 0 Å². The minimum atomic E-state index is -0.476.